The van der Waals surface area contributed by atoms with Crippen molar-refractivity contribution >= 4 is 22.4 Å². The topological polar surface area (TPSA) is 54.9 Å². The zero-order valence-corrected chi connectivity index (χ0v) is 11.9. The van der Waals surface area contributed by atoms with E-state index < -0.39 is 0 Å². The Morgan fingerprint density at radius 3 is 2.63 bits per heavy atom. The van der Waals surface area contributed by atoms with Crippen molar-refractivity contribution in [3.63, 3.8) is 0 Å². The highest BCUT2D eigenvalue weighted by molar-refractivity contribution is 7.15. The summed E-state index contributed by atoms with van der Waals surface area (Å²) in [6.45, 7) is 3.95. The molecule has 0 aliphatic heterocycles. The molecule has 0 radical (unpaired) electrons. The normalized spacial score (nSPS) is 12.1. The molecule has 1 aromatic carbocycles. The van der Waals surface area contributed by atoms with E-state index in [0.29, 0.717) is 5.13 Å². The molecule has 1 N–H and O–H groups in total. The van der Waals surface area contributed by atoms with E-state index in [1.54, 1.807) is 0 Å². The van der Waals surface area contributed by atoms with Crippen molar-refractivity contribution in [1.29, 1.82) is 0 Å². The average molecular weight is 275 g/mol. The van der Waals surface area contributed by atoms with E-state index in [9.17, 15) is 4.79 Å². The maximum Gasteiger partial charge on any atom is 0.233 e. The third-order valence-corrected chi connectivity index (χ3v) is 3.61. The molecular weight excluding hydrogens is 258 g/mol. The maximum absolute atomic E-state index is 12.3. The molecule has 2 aromatic rings. The van der Waals surface area contributed by atoms with Crippen LogP contribution < -0.4 is 5.32 Å². The number of benzene rings is 1. The van der Waals surface area contributed by atoms with E-state index in [4.69, 9.17) is 0 Å². The Kier molecular flexibility index (Phi) is 4.63. The first-order valence-electron chi connectivity index (χ1n) is 6.36. The number of nitrogens with zero attached hydrogens (tertiary/aromatic N) is 2. The van der Waals surface area contributed by atoms with Crippen LogP contribution in [-0.4, -0.2) is 16.1 Å². The molecule has 0 bridgehead atoms. The van der Waals surface area contributed by atoms with E-state index in [1.807, 2.05) is 37.3 Å². The predicted molar refractivity (Wildman–Crippen MR) is 77.4 cm³/mol. The highest BCUT2D eigenvalue weighted by atomic mass is 32.1. The standard InChI is InChI=1S/C14H17N3OS/c1-3-7-12(11-8-5-4-6-9-11)13(18)15-14-17-16-10(2)19-14/h4-6,8-9,12H,3,7H2,1-2H3,(H,15,17,18)/t12-/m1/s1. The molecule has 0 spiro atoms. The Balaban J connectivity index is 2.13. The summed E-state index contributed by atoms with van der Waals surface area (Å²) in [5, 5.41) is 12.1. The van der Waals surface area contributed by atoms with Crippen LogP contribution in [0.15, 0.2) is 30.3 Å². The fraction of sp³-hybridized carbons (Fsp3) is 0.357. The molecule has 100 valence electrons. The molecule has 5 heteroatoms. The minimum Gasteiger partial charge on any atom is -0.300 e. The van der Waals surface area contributed by atoms with Gasteiger partial charge in [0, 0.05) is 0 Å². The number of aryl methyl sites for hydroxylation is 1. The molecule has 0 aliphatic carbocycles. The smallest absolute Gasteiger partial charge is 0.233 e. The minimum atomic E-state index is -0.129. The van der Waals surface area contributed by atoms with Gasteiger partial charge in [-0.25, -0.2) is 0 Å². The molecule has 0 unspecified atom stereocenters. The summed E-state index contributed by atoms with van der Waals surface area (Å²) in [4.78, 5) is 12.3. The quantitative estimate of drug-likeness (QED) is 0.910. The summed E-state index contributed by atoms with van der Waals surface area (Å²) in [5.41, 5.74) is 1.04. The Bertz CT molecular complexity index is 539. The van der Waals surface area contributed by atoms with Crippen molar-refractivity contribution in [3.8, 4) is 0 Å². The zero-order valence-electron chi connectivity index (χ0n) is 11.1. The fourth-order valence-corrected chi connectivity index (χ4v) is 2.56. The van der Waals surface area contributed by atoms with Gasteiger partial charge in [0.05, 0.1) is 5.92 Å². The molecular formula is C14H17N3OS. The lowest BCUT2D eigenvalue weighted by Gasteiger charge is -2.15. The van der Waals surface area contributed by atoms with Gasteiger partial charge < -0.3 is 0 Å². The summed E-state index contributed by atoms with van der Waals surface area (Å²) >= 11 is 1.39. The monoisotopic (exact) mass is 275 g/mol. The molecule has 1 amide bonds. The Morgan fingerprint density at radius 2 is 2.05 bits per heavy atom. The first kappa shape index (κ1) is 13.7. The predicted octanol–water partition coefficient (Wildman–Crippen LogP) is 3.37. The van der Waals surface area contributed by atoms with E-state index in [-0.39, 0.29) is 11.8 Å². The third-order valence-electron chi connectivity index (χ3n) is 2.85. The average Bonchev–Trinajstić information content (AvgIpc) is 2.82. The van der Waals surface area contributed by atoms with Crippen molar-refractivity contribution in [2.75, 3.05) is 5.32 Å². The Labute approximate surface area is 116 Å². The van der Waals surface area contributed by atoms with Crippen LogP contribution in [0.2, 0.25) is 0 Å². The molecule has 0 aliphatic rings. The van der Waals surface area contributed by atoms with E-state index >= 15 is 0 Å². The zero-order chi connectivity index (χ0) is 13.7. The second-order valence-corrected chi connectivity index (χ2v) is 5.55. The van der Waals surface area contributed by atoms with Gasteiger partial charge in [-0.3, -0.25) is 10.1 Å². The van der Waals surface area contributed by atoms with Gasteiger partial charge in [0.1, 0.15) is 5.01 Å². The minimum absolute atomic E-state index is 0.01000. The Hall–Kier alpha value is -1.75. The van der Waals surface area contributed by atoms with Crippen LogP contribution in [0.3, 0.4) is 0 Å². The van der Waals surface area contributed by atoms with Gasteiger partial charge in [-0.05, 0) is 18.9 Å². The van der Waals surface area contributed by atoms with Crippen molar-refractivity contribution in [2.24, 2.45) is 0 Å². The van der Waals surface area contributed by atoms with Crippen LogP contribution in [-0.2, 0) is 4.79 Å². The molecule has 1 aromatic heterocycles. The van der Waals surface area contributed by atoms with E-state index in [0.717, 1.165) is 23.4 Å². The van der Waals surface area contributed by atoms with E-state index in [2.05, 4.69) is 22.4 Å². The summed E-state index contributed by atoms with van der Waals surface area (Å²) in [5.74, 6) is -0.139. The van der Waals surface area contributed by atoms with Gasteiger partial charge in [-0.2, -0.15) is 0 Å². The van der Waals surface area contributed by atoms with Gasteiger partial charge in [-0.15, -0.1) is 10.2 Å². The third kappa shape index (κ3) is 3.61. The largest absolute Gasteiger partial charge is 0.300 e. The highest BCUT2D eigenvalue weighted by Crippen LogP contribution is 2.24. The number of aromatic nitrogens is 2. The van der Waals surface area contributed by atoms with Crippen LogP contribution >= 0.6 is 11.3 Å². The number of hydrogen-bond donors (Lipinski definition) is 1. The second kappa shape index (κ2) is 6.43. The summed E-state index contributed by atoms with van der Waals surface area (Å²) in [6, 6.07) is 9.86. The van der Waals surface area contributed by atoms with E-state index in [1.165, 1.54) is 11.3 Å². The molecule has 1 atom stereocenters. The molecule has 2 rings (SSSR count). The second-order valence-electron chi connectivity index (χ2n) is 4.37. The van der Waals surface area contributed by atoms with Gasteiger partial charge in [0.15, 0.2) is 0 Å². The lowest BCUT2D eigenvalue weighted by molar-refractivity contribution is -0.117. The van der Waals surface area contributed by atoms with Crippen molar-refractivity contribution < 1.29 is 4.79 Å². The molecule has 4 nitrogen and oxygen atoms in total. The van der Waals surface area contributed by atoms with Crippen molar-refractivity contribution in [3.05, 3.63) is 40.9 Å². The van der Waals surface area contributed by atoms with Crippen molar-refractivity contribution in [1.82, 2.24) is 10.2 Å². The number of rotatable bonds is 5. The van der Waals surface area contributed by atoms with Crippen LogP contribution in [0.4, 0.5) is 5.13 Å². The molecule has 19 heavy (non-hydrogen) atoms. The van der Waals surface area contributed by atoms with Gasteiger partial charge >= 0.3 is 0 Å². The number of carbonyl (C=O) groups excluding carboxylic acids is 1. The SMILES string of the molecule is CCC[C@@H](C(=O)Nc1nnc(C)s1)c1ccccc1. The molecule has 0 saturated heterocycles. The van der Waals surface area contributed by atoms with Gasteiger partial charge in [-0.1, -0.05) is 55.0 Å². The van der Waals surface area contributed by atoms with Crippen LogP contribution in [0.25, 0.3) is 0 Å². The number of hydrogen-bond acceptors (Lipinski definition) is 4. The first-order valence-corrected chi connectivity index (χ1v) is 7.18. The van der Waals surface area contributed by atoms with Gasteiger partial charge in [0.25, 0.3) is 0 Å². The number of amides is 1. The summed E-state index contributed by atoms with van der Waals surface area (Å²) in [6.07, 6.45) is 1.79. The number of anilines is 1. The molecule has 0 saturated carbocycles. The highest BCUT2D eigenvalue weighted by Gasteiger charge is 2.20. The summed E-state index contributed by atoms with van der Waals surface area (Å²) in [7, 11) is 0. The molecule has 1 heterocycles. The number of nitrogens with one attached hydrogen (secondary N) is 1. The summed E-state index contributed by atoms with van der Waals surface area (Å²) < 4.78 is 0. The molecule has 0 fully saturated rings. The van der Waals surface area contributed by atoms with Gasteiger partial charge in [0.2, 0.25) is 11.0 Å². The lowest BCUT2D eigenvalue weighted by Crippen LogP contribution is -2.21. The maximum atomic E-state index is 12.3. The van der Waals surface area contributed by atoms with Crippen LogP contribution in [0.5, 0.6) is 0 Å². The lowest BCUT2D eigenvalue weighted by atomic mass is 9.94. The number of carbonyl (C=O) groups is 1. The Morgan fingerprint density at radius 1 is 1.32 bits per heavy atom. The van der Waals surface area contributed by atoms with Crippen LogP contribution in [0, 0.1) is 6.92 Å². The first-order chi connectivity index (χ1) is 9.20. The fourth-order valence-electron chi connectivity index (χ4n) is 1.96. The van der Waals surface area contributed by atoms with Crippen molar-refractivity contribution in [2.45, 2.75) is 32.6 Å². The van der Waals surface area contributed by atoms with Crippen LogP contribution in [0.1, 0.15) is 36.3 Å².